The molecule has 3 aromatic rings. The summed E-state index contributed by atoms with van der Waals surface area (Å²) in [4.78, 5) is 30.2. The number of amides is 1. The first-order chi connectivity index (χ1) is 19.8. The number of carbonyl (C=O) groups excluding carboxylic acids is 1. The molecule has 0 aliphatic carbocycles. The number of piperidine rings is 1. The minimum Gasteiger partial charge on any atom is -0.497 e. The first kappa shape index (κ1) is 27.4. The van der Waals surface area contributed by atoms with Crippen LogP contribution in [-0.2, 0) is 16.6 Å². The third-order valence-electron chi connectivity index (χ3n) is 8.57. The molecule has 3 aliphatic heterocycles. The highest BCUT2D eigenvalue weighted by atomic mass is 32.2. The molecule has 2 fully saturated rings. The van der Waals surface area contributed by atoms with E-state index in [2.05, 4.69) is 9.62 Å². The van der Waals surface area contributed by atoms with Crippen molar-refractivity contribution in [1.82, 2.24) is 9.47 Å². The summed E-state index contributed by atoms with van der Waals surface area (Å²) in [6.07, 6.45) is 5.16. The molecule has 41 heavy (non-hydrogen) atoms. The smallest absolute Gasteiger partial charge is 0.261 e. The van der Waals surface area contributed by atoms with E-state index in [9.17, 15) is 18.0 Å². The van der Waals surface area contributed by atoms with Crippen LogP contribution in [0.1, 0.15) is 54.1 Å². The first-order valence-corrected chi connectivity index (χ1v) is 15.9. The van der Waals surface area contributed by atoms with Gasteiger partial charge in [0.15, 0.2) is 0 Å². The van der Waals surface area contributed by atoms with E-state index < -0.39 is 10.0 Å². The van der Waals surface area contributed by atoms with Crippen molar-refractivity contribution in [2.75, 3.05) is 42.9 Å². The van der Waals surface area contributed by atoms with Crippen LogP contribution in [0, 0.1) is 5.92 Å². The Morgan fingerprint density at radius 2 is 1.68 bits per heavy atom. The van der Waals surface area contributed by atoms with Gasteiger partial charge in [0.1, 0.15) is 5.75 Å². The Balaban J connectivity index is 1.35. The summed E-state index contributed by atoms with van der Waals surface area (Å²) in [5.74, 6) is 0.896. The lowest BCUT2D eigenvalue weighted by molar-refractivity contribution is 0.0761. The van der Waals surface area contributed by atoms with Crippen molar-refractivity contribution in [1.29, 1.82) is 0 Å². The number of ether oxygens (including phenoxy) is 1. The van der Waals surface area contributed by atoms with Gasteiger partial charge >= 0.3 is 0 Å². The molecule has 9 nitrogen and oxygen atoms in total. The number of nitrogens with zero attached hydrogens (tertiary/aromatic N) is 3. The van der Waals surface area contributed by atoms with Crippen molar-refractivity contribution >= 4 is 27.3 Å². The van der Waals surface area contributed by atoms with E-state index in [0.717, 1.165) is 43.5 Å². The van der Waals surface area contributed by atoms with Crippen LogP contribution in [0.4, 0.5) is 11.4 Å². The third-order valence-corrected chi connectivity index (χ3v) is 9.95. The molecule has 2 saturated heterocycles. The molecule has 2 atom stereocenters. The Labute approximate surface area is 240 Å². The van der Waals surface area contributed by atoms with Gasteiger partial charge in [0, 0.05) is 56.0 Å². The number of pyridine rings is 1. The molecule has 10 heteroatoms. The van der Waals surface area contributed by atoms with E-state index >= 15 is 0 Å². The molecule has 2 unspecified atom stereocenters. The van der Waals surface area contributed by atoms with Crippen molar-refractivity contribution in [3.05, 3.63) is 82.3 Å². The number of carbonyl (C=O) groups is 1. The van der Waals surface area contributed by atoms with Crippen molar-refractivity contribution in [3.8, 4) is 5.75 Å². The van der Waals surface area contributed by atoms with Crippen LogP contribution in [0.15, 0.2) is 70.4 Å². The predicted octanol–water partition coefficient (Wildman–Crippen LogP) is 4.30. The molecular weight excluding hydrogens is 540 g/mol. The number of aromatic nitrogens is 1. The van der Waals surface area contributed by atoms with E-state index in [0.29, 0.717) is 49.7 Å². The SMILES string of the molecule is COc1ccc(S(=O)(=O)Nc2cc(C(=O)N3CCCCCC3)ccc2N2CC3CC(C2)c2cccc(=O)n2C3)cc1. The Kier molecular flexibility index (Phi) is 7.50. The van der Waals surface area contributed by atoms with Gasteiger partial charge < -0.3 is 19.1 Å². The Hall–Kier alpha value is -3.79. The van der Waals surface area contributed by atoms with E-state index in [4.69, 9.17) is 4.74 Å². The second kappa shape index (κ2) is 11.2. The van der Waals surface area contributed by atoms with E-state index in [1.54, 1.807) is 24.3 Å². The van der Waals surface area contributed by atoms with Crippen LogP contribution in [-0.4, -0.2) is 57.1 Å². The molecule has 1 amide bonds. The zero-order chi connectivity index (χ0) is 28.6. The fraction of sp³-hybridized carbons (Fsp3) is 0.419. The first-order valence-electron chi connectivity index (χ1n) is 14.4. The molecule has 6 rings (SSSR count). The number of nitrogens with one attached hydrogen (secondary N) is 1. The summed E-state index contributed by atoms with van der Waals surface area (Å²) in [6.45, 7) is 3.40. The molecule has 216 valence electrons. The van der Waals surface area contributed by atoms with Crippen molar-refractivity contribution < 1.29 is 17.9 Å². The number of benzene rings is 2. The van der Waals surface area contributed by atoms with E-state index in [1.165, 1.54) is 19.2 Å². The van der Waals surface area contributed by atoms with Gasteiger partial charge in [-0.15, -0.1) is 0 Å². The maximum atomic E-state index is 13.6. The number of rotatable bonds is 6. The highest BCUT2D eigenvalue weighted by molar-refractivity contribution is 7.92. The molecule has 1 aromatic heterocycles. The monoisotopic (exact) mass is 576 g/mol. The zero-order valence-corrected chi connectivity index (χ0v) is 24.1. The van der Waals surface area contributed by atoms with Gasteiger partial charge in [-0.1, -0.05) is 18.9 Å². The molecular formula is C31H36N4O5S. The maximum Gasteiger partial charge on any atom is 0.261 e. The molecule has 1 N–H and O–H groups in total. The highest BCUT2D eigenvalue weighted by Crippen LogP contribution is 2.40. The standard InChI is InChI=1S/C31H36N4O5S/c1-40-25-10-12-26(13-11-25)41(38,39)32-27-18-23(31(37)33-15-4-2-3-5-16-33)9-14-29(27)34-19-22-17-24(21-34)28-7-6-8-30(36)35(28)20-22/h6-14,18,22,24,32H,2-5,15-17,19-21H2,1H3. The Morgan fingerprint density at radius 3 is 2.41 bits per heavy atom. The lowest BCUT2D eigenvalue weighted by Gasteiger charge is -2.44. The van der Waals surface area contributed by atoms with Gasteiger partial charge in [0.25, 0.3) is 21.5 Å². The number of hydrogen-bond donors (Lipinski definition) is 1. The average molecular weight is 577 g/mol. The summed E-state index contributed by atoms with van der Waals surface area (Å²) < 4.78 is 37.0. The number of anilines is 2. The van der Waals surface area contributed by atoms with Crippen LogP contribution >= 0.6 is 0 Å². The van der Waals surface area contributed by atoms with Crippen LogP contribution < -0.4 is 19.9 Å². The lowest BCUT2D eigenvalue weighted by Crippen LogP contribution is -2.47. The van der Waals surface area contributed by atoms with E-state index in [1.807, 2.05) is 33.7 Å². The van der Waals surface area contributed by atoms with Crippen molar-refractivity contribution in [3.63, 3.8) is 0 Å². The van der Waals surface area contributed by atoms with Crippen LogP contribution in [0.2, 0.25) is 0 Å². The molecule has 4 heterocycles. The number of sulfonamides is 1. The summed E-state index contributed by atoms with van der Waals surface area (Å²) in [7, 11) is -2.42. The molecule has 0 spiro atoms. The minimum atomic E-state index is -3.95. The topological polar surface area (TPSA) is 101 Å². The molecule has 0 radical (unpaired) electrons. The van der Waals surface area contributed by atoms with Gasteiger partial charge in [0.2, 0.25) is 0 Å². The average Bonchev–Trinajstić information content (AvgIpc) is 3.27. The van der Waals surface area contributed by atoms with Gasteiger partial charge in [0.05, 0.1) is 23.4 Å². The second-order valence-electron chi connectivity index (χ2n) is 11.3. The summed E-state index contributed by atoms with van der Waals surface area (Å²) >= 11 is 0. The van der Waals surface area contributed by atoms with Crippen molar-refractivity contribution in [2.24, 2.45) is 5.92 Å². The van der Waals surface area contributed by atoms with Gasteiger partial charge in [-0.05, 0) is 73.7 Å². The summed E-state index contributed by atoms with van der Waals surface area (Å²) in [6, 6.07) is 17.0. The normalized spacial score (nSPS) is 20.6. The molecule has 2 bridgehead atoms. The number of hydrogen-bond acceptors (Lipinski definition) is 6. The fourth-order valence-corrected chi connectivity index (χ4v) is 7.60. The fourth-order valence-electron chi connectivity index (χ4n) is 6.53. The van der Waals surface area contributed by atoms with Crippen LogP contribution in [0.5, 0.6) is 5.75 Å². The maximum absolute atomic E-state index is 13.6. The highest BCUT2D eigenvalue weighted by Gasteiger charge is 2.36. The third kappa shape index (κ3) is 5.57. The van der Waals surface area contributed by atoms with Crippen LogP contribution in [0.25, 0.3) is 0 Å². The predicted molar refractivity (Wildman–Crippen MR) is 158 cm³/mol. The van der Waals surface area contributed by atoms with Crippen molar-refractivity contribution in [2.45, 2.75) is 49.5 Å². The Morgan fingerprint density at radius 1 is 0.927 bits per heavy atom. The zero-order valence-electron chi connectivity index (χ0n) is 23.3. The molecule has 3 aliphatic rings. The van der Waals surface area contributed by atoms with Gasteiger partial charge in [-0.2, -0.15) is 0 Å². The number of likely N-dealkylation sites (tertiary alicyclic amines) is 1. The minimum absolute atomic E-state index is 0.0231. The summed E-state index contributed by atoms with van der Waals surface area (Å²) in [5.41, 5.74) is 2.63. The molecule has 2 aromatic carbocycles. The van der Waals surface area contributed by atoms with Gasteiger partial charge in [-0.25, -0.2) is 8.42 Å². The van der Waals surface area contributed by atoms with E-state index in [-0.39, 0.29) is 28.2 Å². The molecule has 0 saturated carbocycles. The largest absolute Gasteiger partial charge is 0.497 e. The van der Waals surface area contributed by atoms with Crippen LogP contribution in [0.3, 0.4) is 0 Å². The lowest BCUT2D eigenvalue weighted by atomic mass is 9.83. The number of fused-ring (bicyclic) bond motifs is 4. The van der Waals surface area contributed by atoms with Gasteiger partial charge in [-0.3, -0.25) is 14.3 Å². The Bertz CT molecular complexity index is 1590. The quantitative estimate of drug-likeness (QED) is 0.470. The second-order valence-corrected chi connectivity index (χ2v) is 13.0. The summed E-state index contributed by atoms with van der Waals surface area (Å²) in [5, 5.41) is 0. The number of methoxy groups -OCH3 is 1.